The van der Waals surface area contributed by atoms with E-state index in [1.165, 1.54) is 31.2 Å². The fourth-order valence-electron chi connectivity index (χ4n) is 2.83. The fraction of sp³-hybridized carbons (Fsp3) is 0.647. The summed E-state index contributed by atoms with van der Waals surface area (Å²) in [5, 5.41) is 3.71. The molecule has 0 spiro atoms. The zero-order chi connectivity index (χ0) is 13.7. The first-order valence-corrected chi connectivity index (χ1v) is 7.64. The van der Waals surface area contributed by atoms with Gasteiger partial charge in [-0.2, -0.15) is 0 Å². The molecule has 1 aromatic carbocycles. The largest absolute Gasteiger partial charge is 0.491 e. The summed E-state index contributed by atoms with van der Waals surface area (Å²) in [7, 11) is 0. The fourth-order valence-corrected chi connectivity index (χ4v) is 2.83. The van der Waals surface area contributed by atoms with Crippen molar-refractivity contribution in [1.29, 1.82) is 0 Å². The molecule has 1 aromatic rings. The van der Waals surface area contributed by atoms with Gasteiger partial charge in [-0.25, -0.2) is 0 Å². The number of hydrogen-bond donors (Lipinski definition) is 1. The van der Waals surface area contributed by atoms with Crippen LogP contribution < -0.4 is 10.1 Å². The van der Waals surface area contributed by atoms with E-state index in [0.29, 0.717) is 6.04 Å². The molecule has 2 nitrogen and oxygen atoms in total. The summed E-state index contributed by atoms with van der Waals surface area (Å²) < 4.78 is 5.66. The summed E-state index contributed by atoms with van der Waals surface area (Å²) in [4.78, 5) is 0. The van der Waals surface area contributed by atoms with E-state index in [1.54, 1.807) is 0 Å². The van der Waals surface area contributed by atoms with Gasteiger partial charge in [0.15, 0.2) is 0 Å². The van der Waals surface area contributed by atoms with Crippen LogP contribution in [-0.4, -0.2) is 12.1 Å². The Labute approximate surface area is 117 Å². The van der Waals surface area contributed by atoms with Gasteiger partial charge in [-0.05, 0) is 50.3 Å². The smallest absolute Gasteiger partial charge is 0.119 e. The molecule has 0 heterocycles. The highest BCUT2D eigenvalue weighted by atomic mass is 16.5. The van der Waals surface area contributed by atoms with Crippen LogP contribution in [0.2, 0.25) is 0 Å². The molecule has 0 amide bonds. The Balaban J connectivity index is 1.82. The van der Waals surface area contributed by atoms with Crippen molar-refractivity contribution in [2.24, 2.45) is 5.92 Å². The van der Waals surface area contributed by atoms with Crippen molar-refractivity contribution in [2.75, 3.05) is 0 Å². The number of hydrogen-bond acceptors (Lipinski definition) is 2. The second kappa shape index (κ2) is 6.95. The van der Waals surface area contributed by atoms with E-state index in [4.69, 9.17) is 4.74 Å². The standard InChI is InChI=1S/C17H27NO/c1-13(2)19-16-10-8-15(9-11-16)12-18-17-7-5-4-6-14(17)3/h8-11,13-14,17-18H,4-7,12H2,1-3H3. The normalized spacial score (nSPS) is 23.6. The Kier molecular flexibility index (Phi) is 5.26. The number of ether oxygens (including phenoxy) is 1. The Bertz CT molecular complexity index is 371. The Morgan fingerprint density at radius 1 is 1.16 bits per heavy atom. The van der Waals surface area contributed by atoms with Crippen molar-refractivity contribution in [3.05, 3.63) is 29.8 Å². The zero-order valence-electron chi connectivity index (χ0n) is 12.5. The maximum absolute atomic E-state index is 5.66. The first-order valence-electron chi connectivity index (χ1n) is 7.64. The van der Waals surface area contributed by atoms with Crippen LogP contribution >= 0.6 is 0 Å². The third-order valence-corrected chi connectivity index (χ3v) is 3.97. The first kappa shape index (κ1) is 14.4. The summed E-state index contributed by atoms with van der Waals surface area (Å²) in [6.45, 7) is 7.45. The van der Waals surface area contributed by atoms with Crippen LogP contribution in [0.25, 0.3) is 0 Å². The van der Waals surface area contributed by atoms with Crippen molar-refractivity contribution in [2.45, 2.75) is 65.1 Å². The lowest BCUT2D eigenvalue weighted by atomic mass is 9.86. The second-order valence-corrected chi connectivity index (χ2v) is 6.06. The highest BCUT2D eigenvalue weighted by Gasteiger charge is 2.20. The molecule has 2 heteroatoms. The molecule has 1 N–H and O–H groups in total. The van der Waals surface area contributed by atoms with Gasteiger partial charge < -0.3 is 10.1 Å². The Morgan fingerprint density at radius 3 is 2.47 bits per heavy atom. The molecule has 1 aliphatic rings. The van der Waals surface area contributed by atoms with Crippen molar-refractivity contribution in [3.63, 3.8) is 0 Å². The van der Waals surface area contributed by atoms with Gasteiger partial charge >= 0.3 is 0 Å². The molecule has 1 fully saturated rings. The van der Waals surface area contributed by atoms with Gasteiger partial charge in [-0.15, -0.1) is 0 Å². The van der Waals surface area contributed by atoms with E-state index in [-0.39, 0.29) is 6.10 Å². The van der Waals surface area contributed by atoms with Crippen LogP contribution in [-0.2, 0) is 6.54 Å². The van der Waals surface area contributed by atoms with E-state index < -0.39 is 0 Å². The molecule has 2 unspecified atom stereocenters. The van der Waals surface area contributed by atoms with Gasteiger partial charge in [0.25, 0.3) is 0 Å². The van der Waals surface area contributed by atoms with Crippen LogP contribution in [0.3, 0.4) is 0 Å². The monoisotopic (exact) mass is 261 g/mol. The Morgan fingerprint density at radius 2 is 1.84 bits per heavy atom. The summed E-state index contributed by atoms with van der Waals surface area (Å²) in [6, 6.07) is 9.17. The molecule has 0 aliphatic heterocycles. The van der Waals surface area contributed by atoms with Crippen molar-refractivity contribution in [1.82, 2.24) is 5.32 Å². The predicted molar refractivity (Wildman–Crippen MR) is 80.5 cm³/mol. The third-order valence-electron chi connectivity index (χ3n) is 3.97. The molecular weight excluding hydrogens is 234 g/mol. The average Bonchev–Trinajstić information content (AvgIpc) is 2.39. The molecular formula is C17H27NO. The van der Waals surface area contributed by atoms with E-state index in [9.17, 15) is 0 Å². The summed E-state index contributed by atoms with van der Waals surface area (Å²) in [5.41, 5.74) is 1.34. The molecule has 106 valence electrons. The van der Waals surface area contributed by atoms with Gasteiger partial charge in [0, 0.05) is 12.6 Å². The molecule has 0 bridgehead atoms. The number of nitrogens with one attached hydrogen (secondary N) is 1. The van der Waals surface area contributed by atoms with E-state index >= 15 is 0 Å². The van der Waals surface area contributed by atoms with Crippen LogP contribution in [0.4, 0.5) is 0 Å². The van der Waals surface area contributed by atoms with Crippen LogP contribution in [0.1, 0.15) is 52.0 Å². The molecule has 1 aliphatic carbocycles. The maximum Gasteiger partial charge on any atom is 0.119 e. The predicted octanol–water partition coefficient (Wildman–Crippen LogP) is 4.14. The van der Waals surface area contributed by atoms with Crippen LogP contribution in [0.15, 0.2) is 24.3 Å². The number of benzene rings is 1. The zero-order valence-corrected chi connectivity index (χ0v) is 12.5. The second-order valence-electron chi connectivity index (χ2n) is 6.06. The highest BCUT2D eigenvalue weighted by molar-refractivity contribution is 5.27. The van der Waals surface area contributed by atoms with Crippen LogP contribution in [0, 0.1) is 5.92 Å². The topological polar surface area (TPSA) is 21.3 Å². The molecule has 0 saturated heterocycles. The third kappa shape index (κ3) is 4.54. The van der Waals surface area contributed by atoms with E-state index in [2.05, 4.69) is 50.4 Å². The SMILES string of the molecule is CC(C)Oc1ccc(CNC2CCCCC2C)cc1. The summed E-state index contributed by atoms with van der Waals surface area (Å²) >= 11 is 0. The van der Waals surface area contributed by atoms with Gasteiger partial charge in [0.05, 0.1) is 6.10 Å². The maximum atomic E-state index is 5.66. The average molecular weight is 261 g/mol. The van der Waals surface area contributed by atoms with Crippen molar-refractivity contribution < 1.29 is 4.74 Å². The molecule has 2 atom stereocenters. The van der Waals surface area contributed by atoms with E-state index in [1.807, 2.05) is 0 Å². The minimum atomic E-state index is 0.243. The van der Waals surface area contributed by atoms with Crippen molar-refractivity contribution in [3.8, 4) is 5.75 Å². The molecule has 0 aromatic heterocycles. The lowest BCUT2D eigenvalue weighted by molar-refractivity contribution is 0.242. The number of rotatable bonds is 5. The Hall–Kier alpha value is -1.02. The van der Waals surface area contributed by atoms with Gasteiger partial charge in [-0.1, -0.05) is 31.9 Å². The van der Waals surface area contributed by atoms with Gasteiger partial charge in [-0.3, -0.25) is 0 Å². The highest BCUT2D eigenvalue weighted by Crippen LogP contribution is 2.24. The quantitative estimate of drug-likeness (QED) is 0.860. The molecule has 19 heavy (non-hydrogen) atoms. The van der Waals surface area contributed by atoms with Crippen molar-refractivity contribution >= 4 is 0 Å². The summed E-state index contributed by atoms with van der Waals surface area (Å²) in [5.74, 6) is 1.78. The minimum Gasteiger partial charge on any atom is -0.491 e. The first-order chi connectivity index (χ1) is 9.15. The van der Waals surface area contributed by atoms with Crippen LogP contribution in [0.5, 0.6) is 5.75 Å². The molecule has 2 rings (SSSR count). The summed E-state index contributed by atoms with van der Waals surface area (Å²) in [6.07, 6.45) is 5.73. The van der Waals surface area contributed by atoms with Gasteiger partial charge in [0.2, 0.25) is 0 Å². The lowest BCUT2D eigenvalue weighted by Crippen LogP contribution is -2.36. The molecule has 1 saturated carbocycles. The van der Waals surface area contributed by atoms with Gasteiger partial charge in [0.1, 0.15) is 5.75 Å². The van der Waals surface area contributed by atoms with E-state index in [0.717, 1.165) is 18.2 Å². The lowest BCUT2D eigenvalue weighted by Gasteiger charge is -2.29. The molecule has 0 radical (unpaired) electrons. The minimum absolute atomic E-state index is 0.243.